The summed E-state index contributed by atoms with van der Waals surface area (Å²) >= 11 is 0. The van der Waals surface area contributed by atoms with Crippen LogP contribution >= 0.6 is 0 Å². The van der Waals surface area contributed by atoms with E-state index in [1.54, 1.807) is 18.2 Å². The number of amides is 1. The molecule has 0 aliphatic carbocycles. The minimum absolute atomic E-state index is 0.0613. The van der Waals surface area contributed by atoms with Crippen molar-refractivity contribution >= 4 is 11.9 Å². The highest BCUT2D eigenvalue weighted by Gasteiger charge is 2.16. The molecule has 4 nitrogen and oxygen atoms in total. The molecule has 0 heterocycles. The molecule has 0 bridgehead atoms. The molecule has 2 rings (SSSR count). The van der Waals surface area contributed by atoms with Gasteiger partial charge in [-0.2, -0.15) is 0 Å². The first kappa shape index (κ1) is 15.8. The second-order valence-electron chi connectivity index (χ2n) is 5.08. The Morgan fingerprint density at radius 3 is 2.32 bits per heavy atom. The Labute approximate surface area is 129 Å². The van der Waals surface area contributed by atoms with E-state index in [-0.39, 0.29) is 23.9 Å². The van der Waals surface area contributed by atoms with Crippen molar-refractivity contribution in [3.05, 3.63) is 71.3 Å². The van der Waals surface area contributed by atoms with E-state index in [0.717, 1.165) is 12.0 Å². The van der Waals surface area contributed by atoms with Crippen LogP contribution in [0.1, 0.15) is 40.9 Å². The van der Waals surface area contributed by atoms with Crippen molar-refractivity contribution < 1.29 is 14.7 Å². The van der Waals surface area contributed by atoms with Crippen molar-refractivity contribution in [2.75, 3.05) is 0 Å². The standard InChI is InChI=1S/C18H19NO3/c1-2-16(13-8-4-3-5-9-13)19-17(20)12-14-10-6-7-11-15(14)18(21)22/h3-11,16H,2,12H2,1H3,(H,19,20)(H,21,22)/t16-/m0/s1. The highest BCUT2D eigenvalue weighted by atomic mass is 16.4. The second kappa shape index (κ2) is 7.41. The summed E-state index contributed by atoms with van der Waals surface area (Å²) in [5, 5.41) is 12.1. The van der Waals surface area contributed by atoms with Gasteiger partial charge in [0.15, 0.2) is 0 Å². The van der Waals surface area contributed by atoms with Gasteiger partial charge in [-0.15, -0.1) is 0 Å². The molecule has 1 amide bonds. The second-order valence-corrected chi connectivity index (χ2v) is 5.08. The average Bonchev–Trinajstić information content (AvgIpc) is 2.53. The van der Waals surface area contributed by atoms with Gasteiger partial charge in [0.25, 0.3) is 0 Å². The Morgan fingerprint density at radius 1 is 1.05 bits per heavy atom. The lowest BCUT2D eigenvalue weighted by atomic mass is 10.0. The van der Waals surface area contributed by atoms with Gasteiger partial charge < -0.3 is 10.4 Å². The number of carboxylic acid groups (broad SMARTS) is 1. The number of carbonyl (C=O) groups is 2. The minimum Gasteiger partial charge on any atom is -0.478 e. The van der Waals surface area contributed by atoms with Gasteiger partial charge in [-0.05, 0) is 23.6 Å². The van der Waals surface area contributed by atoms with Crippen molar-refractivity contribution in [2.24, 2.45) is 0 Å². The minimum atomic E-state index is -1.02. The summed E-state index contributed by atoms with van der Waals surface area (Å²) in [7, 11) is 0. The molecular formula is C18H19NO3. The van der Waals surface area contributed by atoms with Crippen molar-refractivity contribution in [3.8, 4) is 0 Å². The van der Waals surface area contributed by atoms with Crippen LogP contribution in [0.3, 0.4) is 0 Å². The fourth-order valence-corrected chi connectivity index (χ4v) is 2.41. The lowest BCUT2D eigenvalue weighted by molar-refractivity contribution is -0.121. The zero-order valence-electron chi connectivity index (χ0n) is 12.5. The molecule has 114 valence electrons. The van der Waals surface area contributed by atoms with Gasteiger partial charge in [0, 0.05) is 0 Å². The van der Waals surface area contributed by atoms with Gasteiger partial charge in [-0.25, -0.2) is 4.79 Å². The lowest BCUT2D eigenvalue weighted by Gasteiger charge is -2.17. The maximum Gasteiger partial charge on any atom is 0.335 e. The molecule has 0 unspecified atom stereocenters. The van der Waals surface area contributed by atoms with E-state index < -0.39 is 5.97 Å². The smallest absolute Gasteiger partial charge is 0.335 e. The number of carbonyl (C=O) groups excluding carboxylic acids is 1. The van der Waals surface area contributed by atoms with Crippen LogP contribution in [0.15, 0.2) is 54.6 Å². The quantitative estimate of drug-likeness (QED) is 0.860. The summed E-state index contributed by atoms with van der Waals surface area (Å²) in [6.07, 6.45) is 0.835. The molecular weight excluding hydrogens is 278 g/mol. The monoisotopic (exact) mass is 297 g/mol. The third-order valence-electron chi connectivity index (χ3n) is 3.54. The largest absolute Gasteiger partial charge is 0.478 e. The molecule has 0 saturated carbocycles. The third-order valence-corrected chi connectivity index (χ3v) is 3.54. The van der Waals surface area contributed by atoms with Crippen molar-refractivity contribution in [1.29, 1.82) is 0 Å². The highest BCUT2D eigenvalue weighted by molar-refractivity contribution is 5.91. The van der Waals surface area contributed by atoms with Crippen LogP contribution in [0.4, 0.5) is 0 Å². The van der Waals surface area contributed by atoms with Crippen LogP contribution in [0.25, 0.3) is 0 Å². The number of benzene rings is 2. The molecule has 0 aromatic heterocycles. The van der Waals surface area contributed by atoms with Gasteiger partial charge in [-0.1, -0.05) is 55.5 Å². The number of rotatable bonds is 6. The Balaban J connectivity index is 2.08. The van der Waals surface area contributed by atoms with E-state index in [2.05, 4.69) is 5.32 Å². The van der Waals surface area contributed by atoms with Gasteiger partial charge >= 0.3 is 5.97 Å². The molecule has 22 heavy (non-hydrogen) atoms. The number of carboxylic acids is 1. The summed E-state index contributed by atoms with van der Waals surface area (Å²) < 4.78 is 0. The van der Waals surface area contributed by atoms with Crippen LogP contribution in [0.5, 0.6) is 0 Å². The van der Waals surface area contributed by atoms with E-state index in [1.165, 1.54) is 6.07 Å². The normalized spacial score (nSPS) is 11.7. The molecule has 2 aromatic carbocycles. The maximum atomic E-state index is 12.2. The van der Waals surface area contributed by atoms with Gasteiger partial charge in [0.05, 0.1) is 18.0 Å². The molecule has 1 atom stereocenters. The van der Waals surface area contributed by atoms with E-state index in [9.17, 15) is 9.59 Å². The fraction of sp³-hybridized carbons (Fsp3) is 0.222. The van der Waals surface area contributed by atoms with Crippen molar-refractivity contribution in [1.82, 2.24) is 5.32 Å². The van der Waals surface area contributed by atoms with Gasteiger partial charge in [0.2, 0.25) is 5.91 Å². The lowest BCUT2D eigenvalue weighted by Crippen LogP contribution is -2.30. The number of hydrogen-bond acceptors (Lipinski definition) is 2. The van der Waals surface area contributed by atoms with Gasteiger partial charge in [0.1, 0.15) is 0 Å². The summed E-state index contributed by atoms with van der Waals surface area (Å²) in [5.41, 5.74) is 1.74. The Bertz CT molecular complexity index is 652. The Hall–Kier alpha value is -2.62. The first-order valence-electron chi connectivity index (χ1n) is 7.27. The predicted molar refractivity (Wildman–Crippen MR) is 84.7 cm³/mol. The number of hydrogen-bond donors (Lipinski definition) is 2. The van der Waals surface area contributed by atoms with Crippen molar-refractivity contribution in [2.45, 2.75) is 25.8 Å². The maximum absolute atomic E-state index is 12.2. The molecule has 2 N–H and O–H groups in total. The summed E-state index contributed by atoms with van der Waals surface area (Å²) in [6, 6.07) is 16.3. The SMILES string of the molecule is CC[C@H](NC(=O)Cc1ccccc1C(=O)O)c1ccccc1. The molecule has 0 saturated heterocycles. The zero-order valence-corrected chi connectivity index (χ0v) is 12.5. The predicted octanol–water partition coefficient (Wildman–Crippen LogP) is 3.19. The Kier molecular flexibility index (Phi) is 5.31. The van der Waals surface area contributed by atoms with Gasteiger partial charge in [-0.3, -0.25) is 4.79 Å². The molecule has 4 heteroatoms. The summed E-state index contributed by atoms with van der Waals surface area (Å²) in [4.78, 5) is 23.4. The first-order chi connectivity index (χ1) is 10.6. The fourth-order valence-electron chi connectivity index (χ4n) is 2.41. The molecule has 0 spiro atoms. The first-order valence-corrected chi connectivity index (χ1v) is 7.27. The molecule has 0 fully saturated rings. The van der Waals surface area contributed by atoms with Crippen LogP contribution in [0.2, 0.25) is 0 Å². The van der Waals surface area contributed by atoms with E-state index in [1.807, 2.05) is 37.3 Å². The molecule has 0 radical (unpaired) electrons. The topological polar surface area (TPSA) is 66.4 Å². The average molecular weight is 297 g/mol. The number of nitrogens with one attached hydrogen (secondary N) is 1. The third kappa shape index (κ3) is 3.95. The molecule has 0 aliphatic rings. The van der Waals surface area contributed by atoms with Crippen LogP contribution in [-0.4, -0.2) is 17.0 Å². The molecule has 0 aliphatic heterocycles. The van der Waals surface area contributed by atoms with E-state index in [4.69, 9.17) is 5.11 Å². The van der Waals surface area contributed by atoms with E-state index in [0.29, 0.717) is 5.56 Å². The summed E-state index contributed by atoms with van der Waals surface area (Å²) in [5.74, 6) is -1.19. The van der Waals surface area contributed by atoms with E-state index >= 15 is 0 Å². The Morgan fingerprint density at radius 2 is 1.68 bits per heavy atom. The zero-order chi connectivity index (χ0) is 15.9. The summed E-state index contributed by atoms with van der Waals surface area (Å²) in [6.45, 7) is 2.00. The molecule has 2 aromatic rings. The van der Waals surface area contributed by atoms with Crippen LogP contribution in [-0.2, 0) is 11.2 Å². The highest BCUT2D eigenvalue weighted by Crippen LogP contribution is 2.17. The number of aromatic carboxylic acids is 1. The van der Waals surface area contributed by atoms with Crippen LogP contribution in [0, 0.1) is 0 Å². The van der Waals surface area contributed by atoms with Crippen LogP contribution < -0.4 is 5.32 Å². The van der Waals surface area contributed by atoms with Crippen molar-refractivity contribution in [3.63, 3.8) is 0 Å².